The number of hydrogen-bond acceptors (Lipinski definition) is 3. The smallest absolute Gasteiger partial charge is 0.322 e. The summed E-state index contributed by atoms with van der Waals surface area (Å²) in [4.78, 5) is 37.2. The molecular weight excluding hydrogens is 338 g/mol. The van der Waals surface area contributed by atoms with E-state index in [-0.39, 0.29) is 18.4 Å². The molecule has 2 aliphatic heterocycles. The van der Waals surface area contributed by atoms with Crippen molar-refractivity contribution in [2.45, 2.75) is 17.3 Å². The fourth-order valence-corrected chi connectivity index (χ4v) is 3.09. The van der Waals surface area contributed by atoms with E-state index in [2.05, 4.69) is 26.6 Å². The van der Waals surface area contributed by atoms with Crippen LogP contribution in [-0.2, 0) is 10.1 Å². The number of urea groups is 1. The average Bonchev–Trinajstić information content (AvgIpc) is 3.03. The fraction of sp³-hybridized carbons (Fsp3) is 0.357. The molecule has 110 valence electrons. The first-order chi connectivity index (χ1) is 10.0. The Hall–Kier alpha value is -1.89. The van der Waals surface area contributed by atoms with Gasteiger partial charge in [0.05, 0.1) is 6.54 Å². The first-order valence-electron chi connectivity index (χ1n) is 6.62. The Morgan fingerprint density at radius 1 is 1.29 bits per heavy atom. The van der Waals surface area contributed by atoms with Gasteiger partial charge in [0, 0.05) is 17.4 Å². The van der Waals surface area contributed by atoms with Gasteiger partial charge in [0.15, 0.2) is 0 Å². The van der Waals surface area contributed by atoms with E-state index in [1.807, 2.05) is 12.1 Å². The van der Waals surface area contributed by atoms with E-state index in [1.165, 1.54) is 0 Å². The molecule has 21 heavy (non-hydrogen) atoms. The SMILES string of the molecule is O=C1NC(=O)C2(CCN(C(=O)c3ccc(CBr)cc3)C2)N1. The van der Waals surface area contributed by atoms with E-state index in [1.54, 1.807) is 17.0 Å². The number of carbonyl (C=O) groups excluding carboxylic acids is 3. The van der Waals surface area contributed by atoms with Crippen LogP contribution >= 0.6 is 15.9 Å². The van der Waals surface area contributed by atoms with E-state index >= 15 is 0 Å². The van der Waals surface area contributed by atoms with Crippen LogP contribution in [0.15, 0.2) is 24.3 Å². The molecule has 0 bridgehead atoms. The molecule has 1 aromatic carbocycles. The van der Waals surface area contributed by atoms with E-state index in [0.29, 0.717) is 18.5 Å². The van der Waals surface area contributed by atoms with Gasteiger partial charge in [-0.05, 0) is 24.1 Å². The van der Waals surface area contributed by atoms with Crippen LogP contribution in [0.25, 0.3) is 0 Å². The summed E-state index contributed by atoms with van der Waals surface area (Å²) in [5.41, 5.74) is 0.719. The minimum Gasteiger partial charge on any atom is -0.336 e. The quantitative estimate of drug-likeness (QED) is 0.616. The van der Waals surface area contributed by atoms with Gasteiger partial charge in [-0.1, -0.05) is 28.1 Å². The number of rotatable bonds is 2. The number of nitrogens with zero attached hydrogens (tertiary/aromatic N) is 1. The van der Waals surface area contributed by atoms with Crippen molar-refractivity contribution in [3.05, 3.63) is 35.4 Å². The van der Waals surface area contributed by atoms with Crippen LogP contribution in [0.4, 0.5) is 4.79 Å². The Morgan fingerprint density at radius 2 is 2.00 bits per heavy atom. The maximum absolute atomic E-state index is 12.4. The van der Waals surface area contributed by atoms with Crippen molar-refractivity contribution < 1.29 is 14.4 Å². The van der Waals surface area contributed by atoms with Gasteiger partial charge in [-0.25, -0.2) is 4.79 Å². The highest BCUT2D eigenvalue weighted by Crippen LogP contribution is 2.26. The molecule has 1 spiro atoms. The van der Waals surface area contributed by atoms with E-state index in [9.17, 15) is 14.4 Å². The van der Waals surface area contributed by atoms with Gasteiger partial charge < -0.3 is 10.2 Å². The second-order valence-electron chi connectivity index (χ2n) is 5.30. The summed E-state index contributed by atoms with van der Waals surface area (Å²) < 4.78 is 0. The Morgan fingerprint density at radius 3 is 2.57 bits per heavy atom. The molecule has 6 nitrogen and oxygen atoms in total. The van der Waals surface area contributed by atoms with E-state index in [4.69, 9.17) is 0 Å². The van der Waals surface area contributed by atoms with Gasteiger partial charge >= 0.3 is 6.03 Å². The molecule has 2 aliphatic rings. The molecule has 0 radical (unpaired) electrons. The zero-order valence-corrected chi connectivity index (χ0v) is 12.8. The third-order valence-electron chi connectivity index (χ3n) is 3.93. The molecule has 3 rings (SSSR count). The normalized spacial score (nSPS) is 24.3. The molecule has 2 fully saturated rings. The summed E-state index contributed by atoms with van der Waals surface area (Å²) in [6.07, 6.45) is 0.440. The third-order valence-corrected chi connectivity index (χ3v) is 4.57. The Balaban J connectivity index is 1.75. The molecule has 2 N–H and O–H groups in total. The van der Waals surface area contributed by atoms with Gasteiger partial charge in [-0.3, -0.25) is 14.9 Å². The fourth-order valence-electron chi connectivity index (χ4n) is 2.72. The number of carbonyl (C=O) groups is 3. The van der Waals surface area contributed by atoms with Crippen molar-refractivity contribution >= 4 is 33.8 Å². The monoisotopic (exact) mass is 351 g/mol. The summed E-state index contributed by atoms with van der Waals surface area (Å²) in [5.74, 6) is -0.473. The van der Waals surface area contributed by atoms with Gasteiger partial charge in [-0.15, -0.1) is 0 Å². The van der Waals surface area contributed by atoms with Crippen molar-refractivity contribution in [3.8, 4) is 0 Å². The molecular formula is C14H14BrN3O3. The molecule has 2 heterocycles. The topological polar surface area (TPSA) is 78.5 Å². The molecule has 2 saturated heterocycles. The standard InChI is InChI=1S/C14H14BrN3O3/c15-7-9-1-3-10(4-2-9)11(19)18-6-5-14(8-18)12(20)16-13(21)17-14/h1-4H,5-8H2,(H2,16,17,20,21). The zero-order chi connectivity index (χ0) is 15.0. The van der Waals surface area contributed by atoms with Crippen LogP contribution in [0, 0.1) is 0 Å². The maximum atomic E-state index is 12.4. The highest BCUT2D eigenvalue weighted by Gasteiger charge is 2.51. The largest absolute Gasteiger partial charge is 0.336 e. The highest BCUT2D eigenvalue weighted by atomic mass is 79.9. The van der Waals surface area contributed by atoms with Gasteiger partial charge in [0.25, 0.3) is 11.8 Å². The predicted molar refractivity (Wildman–Crippen MR) is 79.0 cm³/mol. The molecule has 0 aliphatic carbocycles. The van der Waals surface area contributed by atoms with Crippen LogP contribution in [0.2, 0.25) is 0 Å². The molecule has 4 amide bonds. The van der Waals surface area contributed by atoms with Crippen molar-refractivity contribution in [2.24, 2.45) is 0 Å². The molecule has 1 atom stereocenters. The summed E-state index contributed by atoms with van der Waals surface area (Å²) in [5, 5.41) is 5.60. The number of imide groups is 1. The summed E-state index contributed by atoms with van der Waals surface area (Å²) in [6.45, 7) is 0.663. The maximum Gasteiger partial charge on any atom is 0.322 e. The summed E-state index contributed by atoms with van der Waals surface area (Å²) in [7, 11) is 0. The third kappa shape index (κ3) is 2.42. The van der Waals surface area contributed by atoms with Gasteiger partial charge in [0.2, 0.25) is 0 Å². The summed E-state index contributed by atoms with van der Waals surface area (Å²) in [6, 6.07) is 6.83. The number of alkyl halides is 1. The molecule has 0 aromatic heterocycles. The van der Waals surface area contributed by atoms with E-state index in [0.717, 1.165) is 10.9 Å². The number of halogens is 1. The van der Waals surface area contributed by atoms with Crippen LogP contribution in [-0.4, -0.2) is 41.4 Å². The first kappa shape index (κ1) is 14.1. The number of amides is 4. The molecule has 1 unspecified atom stereocenters. The minimum atomic E-state index is -0.956. The number of likely N-dealkylation sites (tertiary alicyclic amines) is 1. The van der Waals surface area contributed by atoms with Crippen molar-refractivity contribution in [3.63, 3.8) is 0 Å². The average molecular weight is 352 g/mol. The van der Waals surface area contributed by atoms with Crippen LogP contribution < -0.4 is 10.6 Å². The lowest BCUT2D eigenvalue weighted by molar-refractivity contribution is -0.123. The van der Waals surface area contributed by atoms with Crippen molar-refractivity contribution in [1.29, 1.82) is 0 Å². The lowest BCUT2D eigenvalue weighted by Gasteiger charge is -2.21. The lowest BCUT2D eigenvalue weighted by Crippen LogP contribution is -2.49. The highest BCUT2D eigenvalue weighted by molar-refractivity contribution is 9.08. The minimum absolute atomic E-state index is 0.123. The number of nitrogens with one attached hydrogen (secondary N) is 2. The zero-order valence-electron chi connectivity index (χ0n) is 11.2. The van der Waals surface area contributed by atoms with Gasteiger partial charge in [0.1, 0.15) is 5.54 Å². The van der Waals surface area contributed by atoms with E-state index < -0.39 is 11.6 Å². The number of hydrogen-bond donors (Lipinski definition) is 2. The lowest BCUT2D eigenvalue weighted by atomic mass is 9.99. The van der Waals surface area contributed by atoms with Crippen LogP contribution in [0.3, 0.4) is 0 Å². The predicted octanol–water partition coefficient (Wildman–Crippen LogP) is 1.01. The molecule has 1 aromatic rings. The second-order valence-corrected chi connectivity index (χ2v) is 5.86. The Kier molecular flexibility index (Phi) is 3.44. The first-order valence-corrected chi connectivity index (χ1v) is 7.74. The number of benzene rings is 1. The summed E-state index contributed by atoms with van der Waals surface area (Å²) >= 11 is 3.36. The van der Waals surface area contributed by atoms with Crippen molar-refractivity contribution in [2.75, 3.05) is 13.1 Å². The molecule has 0 saturated carbocycles. The van der Waals surface area contributed by atoms with Crippen LogP contribution in [0.1, 0.15) is 22.3 Å². The second kappa shape index (κ2) is 5.14. The Bertz CT molecular complexity index is 616. The van der Waals surface area contributed by atoms with Gasteiger partial charge in [-0.2, -0.15) is 0 Å². The Labute approximate surface area is 130 Å². The molecule has 7 heteroatoms. The van der Waals surface area contributed by atoms with Crippen LogP contribution in [0.5, 0.6) is 0 Å². The van der Waals surface area contributed by atoms with Crippen molar-refractivity contribution in [1.82, 2.24) is 15.5 Å².